The van der Waals surface area contributed by atoms with E-state index in [0.717, 1.165) is 27.4 Å². The van der Waals surface area contributed by atoms with Crippen molar-refractivity contribution in [3.63, 3.8) is 0 Å². The Kier molecular flexibility index (Phi) is 7.94. The molecule has 0 saturated carbocycles. The Labute approximate surface area is 202 Å². The van der Waals surface area contributed by atoms with E-state index < -0.39 is 6.29 Å². The average molecular weight is 484 g/mol. The fourth-order valence-corrected chi connectivity index (χ4v) is 4.84. The minimum Gasteiger partial charge on any atom is -0.392 e. The lowest BCUT2D eigenvalue weighted by Crippen LogP contribution is -2.38. The number of benzene rings is 2. The molecule has 2 N–H and O–H groups in total. The van der Waals surface area contributed by atoms with Gasteiger partial charge in [-0.05, 0) is 27.1 Å². The first kappa shape index (κ1) is 24.3. The van der Waals surface area contributed by atoms with Crippen LogP contribution in [-0.4, -0.2) is 43.1 Å². The minimum absolute atomic E-state index is 0.00291. The molecule has 3 aromatic rings. The van der Waals surface area contributed by atoms with Crippen LogP contribution in [0.2, 0.25) is 0 Å². The molecule has 0 radical (unpaired) electrons. The van der Waals surface area contributed by atoms with Crippen LogP contribution in [0, 0.1) is 5.92 Å². The van der Waals surface area contributed by atoms with E-state index in [1.165, 1.54) is 6.92 Å². The first-order valence-corrected chi connectivity index (χ1v) is 12.1. The molecule has 1 aliphatic rings. The van der Waals surface area contributed by atoms with Crippen LogP contribution in [0.3, 0.4) is 0 Å². The van der Waals surface area contributed by atoms with Gasteiger partial charge in [0, 0.05) is 37.8 Å². The van der Waals surface area contributed by atoms with Gasteiger partial charge in [-0.1, -0.05) is 67.2 Å². The van der Waals surface area contributed by atoms with Gasteiger partial charge in [0.25, 0.3) is 0 Å². The fourth-order valence-electron chi connectivity index (χ4n) is 3.83. The zero-order chi connectivity index (χ0) is 24.1. The Morgan fingerprint density at radius 3 is 2.38 bits per heavy atom. The summed E-state index contributed by atoms with van der Waals surface area (Å²) in [7, 11) is 1.81. The number of hydrogen-bond donors (Lipinski definition) is 2. The highest BCUT2D eigenvalue weighted by Crippen LogP contribution is 2.42. The van der Waals surface area contributed by atoms with Gasteiger partial charge in [-0.3, -0.25) is 4.79 Å². The van der Waals surface area contributed by atoms with Gasteiger partial charge < -0.3 is 19.9 Å². The number of aromatic nitrogens is 4. The standard InChI is InChI=1S/C24H29N5O4S/c1-15-21(14-34-24-26-27-28-29(24)3)32-23(20-10-4-17(5-11-20)12-25-16(2)31)33-22(15)19-8-6-18(13-30)7-9-19/h4-11,15,21-23,30H,12-14H2,1-3H3,(H,25,31)/t15-,21+,22+,23+/m1/s1. The summed E-state index contributed by atoms with van der Waals surface area (Å²) < 4.78 is 14.5. The molecular formula is C24H29N5O4S. The molecule has 2 aromatic carbocycles. The zero-order valence-electron chi connectivity index (χ0n) is 19.4. The lowest BCUT2D eigenvalue weighted by molar-refractivity contribution is -0.268. The second-order valence-corrected chi connectivity index (χ2v) is 9.36. The number of thioether (sulfide) groups is 1. The predicted molar refractivity (Wildman–Crippen MR) is 126 cm³/mol. The van der Waals surface area contributed by atoms with Crippen LogP contribution in [0.15, 0.2) is 53.7 Å². The molecule has 4 atom stereocenters. The third kappa shape index (κ3) is 5.82. The van der Waals surface area contributed by atoms with E-state index in [4.69, 9.17) is 9.47 Å². The highest BCUT2D eigenvalue weighted by Gasteiger charge is 2.38. The Bertz CT molecular complexity index is 1090. The number of carbonyl (C=O) groups is 1. The van der Waals surface area contributed by atoms with E-state index in [2.05, 4.69) is 27.8 Å². The second-order valence-electron chi connectivity index (χ2n) is 8.37. The van der Waals surface area contributed by atoms with Crippen LogP contribution >= 0.6 is 11.8 Å². The Morgan fingerprint density at radius 2 is 1.76 bits per heavy atom. The number of ether oxygens (including phenoxy) is 2. The van der Waals surface area contributed by atoms with Crippen LogP contribution < -0.4 is 5.32 Å². The topological polar surface area (TPSA) is 111 Å². The zero-order valence-corrected chi connectivity index (χ0v) is 20.2. The van der Waals surface area contributed by atoms with Gasteiger partial charge in [0.1, 0.15) is 0 Å². The maximum atomic E-state index is 11.2. The summed E-state index contributed by atoms with van der Waals surface area (Å²) in [6.07, 6.45) is -0.840. The summed E-state index contributed by atoms with van der Waals surface area (Å²) in [6.45, 7) is 4.10. The van der Waals surface area contributed by atoms with Gasteiger partial charge in [-0.25, -0.2) is 4.68 Å². The summed E-state index contributed by atoms with van der Waals surface area (Å²) >= 11 is 1.55. The number of aryl methyl sites for hydroxylation is 1. The highest BCUT2D eigenvalue weighted by molar-refractivity contribution is 7.99. The summed E-state index contributed by atoms with van der Waals surface area (Å²) in [5.41, 5.74) is 3.80. The molecule has 2 heterocycles. The van der Waals surface area contributed by atoms with Crippen molar-refractivity contribution in [3.05, 3.63) is 70.8 Å². The molecule has 180 valence electrons. The molecule has 1 fully saturated rings. The van der Waals surface area contributed by atoms with Crippen molar-refractivity contribution >= 4 is 17.7 Å². The smallest absolute Gasteiger partial charge is 0.217 e. The predicted octanol–water partition coefficient (Wildman–Crippen LogP) is 2.92. The molecule has 0 spiro atoms. The molecule has 0 unspecified atom stereocenters. The van der Waals surface area contributed by atoms with E-state index in [1.807, 2.05) is 55.6 Å². The van der Waals surface area contributed by atoms with Crippen LogP contribution in [0.1, 0.15) is 48.5 Å². The van der Waals surface area contributed by atoms with Gasteiger partial charge in [0.15, 0.2) is 6.29 Å². The molecule has 0 aliphatic carbocycles. The third-order valence-electron chi connectivity index (χ3n) is 5.87. The number of rotatable bonds is 8. The quantitative estimate of drug-likeness (QED) is 0.471. The van der Waals surface area contributed by atoms with Gasteiger partial charge in [0.05, 0.1) is 18.8 Å². The number of nitrogens with zero attached hydrogens (tertiary/aromatic N) is 4. The Balaban J connectivity index is 1.55. The first-order chi connectivity index (χ1) is 16.4. The SMILES string of the molecule is CC(=O)NCc1ccc([C@H]2O[C@@H](CSc3nnnn3C)[C@@H](C)[C@@H](c3ccc(CO)cc3)O2)cc1. The molecule has 9 nitrogen and oxygen atoms in total. The van der Waals surface area contributed by atoms with Crippen molar-refractivity contribution in [2.75, 3.05) is 5.75 Å². The summed E-state index contributed by atoms with van der Waals surface area (Å²) in [5.74, 6) is 0.677. The lowest BCUT2D eigenvalue weighted by atomic mass is 9.91. The van der Waals surface area contributed by atoms with Gasteiger partial charge in [-0.2, -0.15) is 0 Å². The van der Waals surface area contributed by atoms with Gasteiger partial charge >= 0.3 is 0 Å². The average Bonchev–Trinajstić information content (AvgIpc) is 3.27. The molecule has 34 heavy (non-hydrogen) atoms. The van der Waals surface area contributed by atoms with E-state index in [1.54, 1.807) is 16.4 Å². The molecule has 1 aromatic heterocycles. The van der Waals surface area contributed by atoms with Crippen molar-refractivity contribution in [2.45, 2.75) is 50.7 Å². The number of aliphatic hydroxyl groups is 1. The Hall–Kier alpha value is -2.79. The second kappa shape index (κ2) is 11.1. The summed E-state index contributed by atoms with van der Waals surface area (Å²) in [6, 6.07) is 15.7. The van der Waals surface area contributed by atoms with Crippen molar-refractivity contribution in [2.24, 2.45) is 13.0 Å². The van der Waals surface area contributed by atoms with Crippen molar-refractivity contribution in [1.29, 1.82) is 0 Å². The van der Waals surface area contributed by atoms with E-state index in [0.29, 0.717) is 12.3 Å². The monoisotopic (exact) mass is 483 g/mol. The maximum absolute atomic E-state index is 11.2. The summed E-state index contributed by atoms with van der Waals surface area (Å²) in [4.78, 5) is 11.2. The summed E-state index contributed by atoms with van der Waals surface area (Å²) in [5, 5.41) is 24.6. The molecule has 0 bridgehead atoms. The molecule has 1 saturated heterocycles. The molecular weight excluding hydrogens is 454 g/mol. The number of carbonyl (C=O) groups excluding carboxylic acids is 1. The largest absolute Gasteiger partial charge is 0.392 e. The normalized spacial score (nSPS) is 22.5. The number of aliphatic hydroxyl groups excluding tert-OH is 1. The van der Waals surface area contributed by atoms with E-state index in [-0.39, 0.29) is 30.6 Å². The van der Waals surface area contributed by atoms with Crippen molar-refractivity contribution in [1.82, 2.24) is 25.5 Å². The number of nitrogens with one attached hydrogen (secondary N) is 1. The molecule has 10 heteroatoms. The number of hydrogen-bond acceptors (Lipinski definition) is 8. The maximum Gasteiger partial charge on any atom is 0.217 e. The minimum atomic E-state index is -0.545. The van der Waals surface area contributed by atoms with Crippen molar-refractivity contribution in [3.8, 4) is 0 Å². The first-order valence-electron chi connectivity index (χ1n) is 11.1. The molecule has 1 amide bonds. The Morgan fingerprint density at radius 1 is 1.09 bits per heavy atom. The highest BCUT2D eigenvalue weighted by atomic mass is 32.2. The van der Waals surface area contributed by atoms with Crippen LogP contribution in [0.5, 0.6) is 0 Å². The van der Waals surface area contributed by atoms with Crippen LogP contribution in [0.25, 0.3) is 0 Å². The fraction of sp³-hybridized carbons (Fsp3) is 0.417. The van der Waals surface area contributed by atoms with Crippen LogP contribution in [0.4, 0.5) is 0 Å². The molecule has 1 aliphatic heterocycles. The number of tetrazole rings is 1. The van der Waals surface area contributed by atoms with Gasteiger partial charge in [0.2, 0.25) is 11.1 Å². The molecule has 4 rings (SSSR count). The van der Waals surface area contributed by atoms with Crippen LogP contribution in [-0.2, 0) is 34.5 Å². The third-order valence-corrected chi connectivity index (χ3v) is 6.97. The number of amides is 1. The van der Waals surface area contributed by atoms with E-state index >= 15 is 0 Å². The van der Waals surface area contributed by atoms with Crippen molar-refractivity contribution < 1.29 is 19.4 Å². The lowest BCUT2D eigenvalue weighted by Gasteiger charge is -2.41. The van der Waals surface area contributed by atoms with E-state index in [9.17, 15) is 9.90 Å². The van der Waals surface area contributed by atoms with Gasteiger partial charge in [-0.15, -0.1) is 5.10 Å².